The molecule has 0 unspecified atom stereocenters. The molecular formula is C18H31N3O2. The lowest BCUT2D eigenvalue weighted by atomic mass is 9.94. The Balaban J connectivity index is 1.79. The van der Waals surface area contributed by atoms with E-state index >= 15 is 0 Å². The number of hydrogen-bond donors (Lipinski definition) is 1. The van der Waals surface area contributed by atoms with Gasteiger partial charge in [-0.3, -0.25) is 4.90 Å². The fraction of sp³-hybridized carbons (Fsp3) is 0.722. The van der Waals surface area contributed by atoms with Crippen LogP contribution in [0.25, 0.3) is 0 Å². The second-order valence-corrected chi connectivity index (χ2v) is 7.19. The summed E-state index contributed by atoms with van der Waals surface area (Å²) in [6, 6.07) is 4.03. The summed E-state index contributed by atoms with van der Waals surface area (Å²) in [5.41, 5.74) is -0.576. The predicted octanol–water partition coefficient (Wildman–Crippen LogP) is 2.40. The van der Waals surface area contributed by atoms with Crippen molar-refractivity contribution in [1.29, 1.82) is 0 Å². The third kappa shape index (κ3) is 5.99. The minimum absolute atomic E-state index is 0.505. The number of nitrogens with zero attached hydrogens (tertiary/aromatic N) is 3. The first-order valence-corrected chi connectivity index (χ1v) is 8.66. The van der Waals surface area contributed by atoms with E-state index in [-0.39, 0.29) is 0 Å². The van der Waals surface area contributed by atoms with Crippen molar-refractivity contribution in [3.8, 4) is 5.75 Å². The molecule has 5 heteroatoms. The molecule has 0 bridgehead atoms. The fourth-order valence-corrected chi connectivity index (χ4v) is 3.33. The quantitative estimate of drug-likeness (QED) is 0.836. The van der Waals surface area contributed by atoms with Crippen LogP contribution in [0.5, 0.6) is 5.75 Å². The molecule has 1 fully saturated rings. The highest BCUT2D eigenvalue weighted by molar-refractivity contribution is 5.41. The van der Waals surface area contributed by atoms with Crippen molar-refractivity contribution < 1.29 is 9.84 Å². The normalized spacial score (nSPS) is 18.0. The summed E-state index contributed by atoms with van der Waals surface area (Å²) in [5, 5.41) is 9.92. The zero-order valence-corrected chi connectivity index (χ0v) is 15.0. The van der Waals surface area contributed by atoms with Crippen molar-refractivity contribution in [2.75, 3.05) is 44.2 Å². The van der Waals surface area contributed by atoms with E-state index in [4.69, 9.17) is 4.74 Å². The van der Waals surface area contributed by atoms with Crippen LogP contribution in [0.15, 0.2) is 18.3 Å². The molecule has 5 nitrogen and oxygen atoms in total. The number of rotatable bonds is 7. The van der Waals surface area contributed by atoms with Gasteiger partial charge in [0.2, 0.25) is 0 Å². The van der Waals surface area contributed by atoms with Gasteiger partial charge in [-0.05, 0) is 45.2 Å². The fourth-order valence-electron chi connectivity index (χ4n) is 3.33. The average molecular weight is 321 g/mol. The summed E-state index contributed by atoms with van der Waals surface area (Å²) in [6.45, 7) is 13.8. The Morgan fingerprint density at radius 3 is 2.48 bits per heavy atom. The molecule has 0 aliphatic carbocycles. The molecule has 0 aromatic carbocycles. The number of ether oxygens (including phenoxy) is 1. The Bertz CT molecular complexity index is 462. The summed E-state index contributed by atoms with van der Waals surface area (Å²) in [6.07, 6.45) is 2.64. The van der Waals surface area contributed by atoms with Gasteiger partial charge in [0.15, 0.2) is 0 Å². The maximum atomic E-state index is 9.92. The second kappa shape index (κ2) is 7.97. The Morgan fingerprint density at radius 1 is 1.26 bits per heavy atom. The number of aliphatic hydroxyl groups is 1. The van der Waals surface area contributed by atoms with Crippen LogP contribution in [-0.4, -0.2) is 59.9 Å². The summed E-state index contributed by atoms with van der Waals surface area (Å²) < 4.78 is 5.44. The first kappa shape index (κ1) is 18.0. The molecule has 0 radical (unpaired) electrons. The zero-order valence-electron chi connectivity index (χ0n) is 15.0. The largest absolute Gasteiger partial charge is 0.492 e. The van der Waals surface area contributed by atoms with E-state index in [1.807, 2.05) is 32.9 Å². The van der Waals surface area contributed by atoms with Crippen LogP contribution in [0.3, 0.4) is 0 Å². The highest BCUT2D eigenvalue weighted by Gasteiger charge is 2.22. The Morgan fingerprint density at radius 2 is 1.96 bits per heavy atom. The molecular weight excluding hydrogens is 290 g/mol. The van der Waals surface area contributed by atoms with Gasteiger partial charge < -0.3 is 14.7 Å². The second-order valence-electron chi connectivity index (χ2n) is 7.19. The number of piperazine rings is 1. The van der Waals surface area contributed by atoms with Crippen LogP contribution in [0.2, 0.25) is 0 Å². The van der Waals surface area contributed by atoms with Crippen molar-refractivity contribution in [2.45, 2.75) is 39.7 Å². The van der Waals surface area contributed by atoms with E-state index in [1.165, 1.54) is 0 Å². The first-order chi connectivity index (χ1) is 10.9. The zero-order chi connectivity index (χ0) is 16.9. The van der Waals surface area contributed by atoms with Crippen molar-refractivity contribution in [1.82, 2.24) is 9.88 Å². The summed E-state index contributed by atoms with van der Waals surface area (Å²) in [5.74, 6) is 2.36. The molecule has 23 heavy (non-hydrogen) atoms. The van der Waals surface area contributed by atoms with Gasteiger partial charge in [0.25, 0.3) is 0 Å². The third-order valence-corrected chi connectivity index (χ3v) is 4.15. The van der Waals surface area contributed by atoms with Gasteiger partial charge in [-0.2, -0.15) is 0 Å². The minimum atomic E-state index is -0.576. The van der Waals surface area contributed by atoms with Crippen LogP contribution in [0.4, 0.5) is 5.82 Å². The maximum absolute atomic E-state index is 9.92. The highest BCUT2D eigenvalue weighted by atomic mass is 16.5. The lowest BCUT2D eigenvalue weighted by molar-refractivity contribution is 0.0477. The standard InChI is InChI=1S/C18H31N3O2/c1-5-23-16-6-7-17(19-13-16)21-10-8-20(9-11-21)14-15(2)12-18(3,4)22/h6-7,13,15,22H,5,8-12,14H2,1-4H3/t15-/m0/s1. The molecule has 2 heterocycles. The van der Waals surface area contributed by atoms with Gasteiger partial charge >= 0.3 is 0 Å². The van der Waals surface area contributed by atoms with E-state index in [9.17, 15) is 5.11 Å². The summed E-state index contributed by atoms with van der Waals surface area (Å²) in [4.78, 5) is 9.32. The minimum Gasteiger partial charge on any atom is -0.492 e. The molecule has 1 aliphatic rings. The van der Waals surface area contributed by atoms with Gasteiger partial charge in [-0.25, -0.2) is 4.98 Å². The van der Waals surface area contributed by atoms with Crippen LogP contribution in [0.1, 0.15) is 34.1 Å². The Kier molecular flexibility index (Phi) is 6.25. The molecule has 1 aliphatic heterocycles. The SMILES string of the molecule is CCOc1ccc(N2CCN(C[C@@H](C)CC(C)(C)O)CC2)nc1. The van der Waals surface area contributed by atoms with Gasteiger partial charge in [0.1, 0.15) is 11.6 Å². The van der Waals surface area contributed by atoms with Gasteiger partial charge in [-0.1, -0.05) is 6.92 Å². The lowest BCUT2D eigenvalue weighted by Gasteiger charge is -2.37. The van der Waals surface area contributed by atoms with Crippen LogP contribution >= 0.6 is 0 Å². The van der Waals surface area contributed by atoms with Crippen molar-refractivity contribution in [3.63, 3.8) is 0 Å². The molecule has 2 rings (SSSR count). The highest BCUT2D eigenvalue weighted by Crippen LogP contribution is 2.20. The number of pyridine rings is 1. The van der Waals surface area contributed by atoms with E-state index in [2.05, 4.69) is 21.7 Å². The first-order valence-electron chi connectivity index (χ1n) is 8.66. The molecule has 1 atom stereocenters. The number of anilines is 1. The topological polar surface area (TPSA) is 48.8 Å². The van der Waals surface area contributed by atoms with Gasteiger partial charge in [0, 0.05) is 32.7 Å². The maximum Gasteiger partial charge on any atom is 0.137 e. The van der Waals surface area contributed by atoms with E-state index in [1.54, 1.807) is 6.20 Å². The van der Waals surface area contributed by atoms with Crippen LogP contribution in [0, 0.1) is 5.92 Å². The molecule has 1 aromatic rings. The molecule has 1 saturated heterocycles. The van der Waals surface area contributed by atoms with E-state index < -0.39 is 5.60 Å². The molecule has 0 amide bonds. The summed E-state index contributed by atoms with van der Waals surface area (Å²) in [7, 11) is 0. The Hall–Kier alpha value is -1.33. The molecule has 130 valence electrons. The smallest absolute Gasteiger partial charge is 0.137 e. The summed E-state index contributed by atoms with van der Waals surface area (Å²) >= 11 is 0. The molecule has 1 N–H and O–H groups in total. The van der Waals surface area contributed by atoms with Crippen molar-refractivity contribution in [3.05, 3.63) is 18.3 Å². The number of aromatic nitrogens is 1. The molecule has 1 aromatic heterocycles. The van der Waals surface area contributed by atoms with Crippen molar-refractivity contribution in [2.24, 2.45) is 5.92 Å². The van der Waals surface area contributed by atoms with Crippen LogP contribution < -0.4 is 9.64 Å². The predicted molar refractivity (Wildman–Crippen MR) is 94.1 cm³/mol. The van der Waals surface area contributed by atoms with Crippen molar-refractivity contribution >= 4 is 5.82 Å². The Labute approximate surface area is 140 Å². The van der Waals surface area contributed by atoms with E-state index in [0.29, 0.717) is 12.5 Å². The molecule has 0 spiro atoms. The number of hydrogen-bond acceptors (Lipinski definition) is 5. The van der Waals surface area contributed by atoms with Gasteiger partial charge in [-0.15, -0.1) is 0 Å². The molecule has 0 saturated carbocycles. The monoisotopic (exact) mass is 321 g/mol. The average Bonchev–Trinajstić information content (AvgIpc) is 2.47. The van der Waals surface area contributed by atoms with Crippen LogP contribution in [-0.2, 0) is 0 Å². The lowest BCUT2D eigenvalue weighted by Crippen LogP contribution is -2.48. The van der Waals surface area contributed by atoms with E-state index in [0.717, 1.165) is 50.7 Å². The van der Waals surface area contributed by atoms with Gasteiger partial charge in [0.05, 0.1) is 18.4 Å². The third-order valence-electron chi connectivity index (χ3n) is 4.15.